The predicted octanol–water partition coefficient (Wildman–Crippen LogP) is 2.13. The van der Waals surface area contributed by atoms with E-state index in [0.717, 1.165) is 5.56 Å². The fourth-order valence-electron chi connectivity index (χ4n) is 1.10. The topological polar surface area (TPSA) is 49.7 Å². The molecule has 0 unspecified atom stereocenters. The fourth-order valence-corrected chi connectivity index (χ4v) is 1.10. The molecular formula is C12H13NO2. The number of carboxylic acid groups (broad SMARTS) is 1. The van der Waals surface area contributed by atoms with E-state index >= 15 is 0 Å². The van der Waals surface area contributed by atoms with Crippen molar-refractivity contribution >= 4 is 12.2 Å². The van der Waals surface area contributed by atoms with Crippen LogP contribution in [-0.2, 0) is 4.79 Å². The molecule has 0 heterocycles. The van der Waals surface area contributed by atoms with E-state index in [0.29, 0.717) is 6.42 Å². The zero-order valence-electron chi connectivity index (χ0n) is 8.34. The van der Waals surface area contributed by atoms with E-state index < -0.39 is 12.0 Å². The van der Waals surface area contributed by atoms with Crippen molar-refractivity contribution < 1.29 is 9.90 Å². The number of nitrogens with zero attached hydrogens (tertiary/aromatic N) is 1. The summed E-state index contributed by atoms with van der Waals surface area (Å²) in [7, 11) is 0. The Morgan fingerprint density at radius 2 is 2.13 bits per heavy atom. The molecule has 0 bridgehead atoms. The van der Waals surface area contributed by atoms with Crippen LogP contribution in [0.5, 0.6) is 0 Å². The second-order valence-corrected chi connectivity index (χ2v) is 3.07. The molecular weight excluding hydrogens is 190 g/mol. The third-order valence-electron chi connectivity index (χ3n) is 1.88. The average Bonchev–Trinajstić information content (AvgIpc) is 2.25. The molecule has 0 aliphatic rings. The first kappa shape index (κ1) is 11.2. The first-order valence-electron chi connectivity index (χ1n) is 4.66. The van der Waals surface area contributed by atoms with Gasteiger partial charge in [0.05, 0.1) is 0 Å². The Hall–Kier alpha value is -1.90. The van der Waals surface area contributed by atoms with Gasteiger partial charge >= 0.3 is 5.97 Å². The lowest BCUT2D eigenvalue weighted by Crippen LogP contribution is -2.16. The molecule has 0 saturated carbocycles. The highest BCUT2D eigenvalue weighted by Crippen LogP contribution is 2.01. The van der Waals surface area contributed by atoms with Crippen molar-refractivity contribution in [3.05, 3.63) is 48.6 Å². The number of benzene rings is 1. The van der Waals surface area contributed by atoms with Crippen molar-refractivity contribution in [1.82, 2.24) is 0 Å². The summed E-state index contributed by atoms with van der Waals surface area (Å²) in [5, 5.41) is 8.82. The third-order valence-corrected chi connectivity index (χ3v) is 1.88. The van der Waals surface area contributed by atoms with Crippen molar-refractivity contribution in [1.29, 1.82) is 0 Å². The molecule has 0 spiro atoms. The van der Waals surface area contributed by atoms with Gasteiger partial charge in [-0.1, -0.05) is 36.4 Å². The number of carboxylic acids is 1. The highest BCUT2D eigenvalue weighted by molar-refractivity contribution is 5.83. The molecule has 0 aliphatic heterocycles. The van der Waals surface area contributed by atoms with Gasteiger partial charge in [0.25, 0.3) is 0 Å². The molecule has 1 N–H and O–H groups in total. The summed E-state index contributed by atoms with van der Waals surface area (Å²) in [6.07, 6.45) is 3.47. The van der Waals surface area contributed by atoms with Gasteiger partial charge in [0, 0.05) is 6.21 Å². The molecule has 1 atom stereocenters. The fraction of sp³-hybridized carbons (Fsp3) is 0.167. The van der Waals surface area contributed by atoms with Gasteiger partial charge < -0.3 is 5.11 Å². The maximum absolute atomic E-state index is 10.7. The third kappa shape index (κ3) is 3.77. The molecule has 15 heavy (non-hydrogen) atoms. The van der Waals surface area contributed by atoms with E-state index in [1.807, 2.05) is 30.3 Å². The van der Waals surface area contributed by atoms with Crippen LogP contribution in [0.2, 0.25) is 0 Å². The molecule has 0 aromatic heterocycles. The van der Waals surface area contributed by atoms with Crippen LogP contribution >= 0.6 is 0 Å². The minimum atomic E-state index is -0.929. The van der Waals surface area contributed by atoms with Crippen molar-refractivity contribution in [2.75, 3.05) is 0 Å². The van der Waals surface area contributed by atoms with Crippen LogP contribution < -0.4 is 0 Å². The first-order valence-corrected chi connectivity index (χ1v) is 4.66. The smallest absolute Gasteiger partial charge is 0.328 e. The van der Waals surface area contributed by atoms with E-state index in [2.05, 4.69) is 11.6 Å². The summed E-state index contributed by atoms with van der Waals surface area (Å²) < 4.78 is 0. The summed E-state index contributed by atoms with van der Waals surface area (Å²) in [6, 6.07) is 8.67. The maximum atomic E-state index is 10.7. The maximum Gasteiger partial charge on any atom is 0.328 e. The summed E-state index contributed by atoms with van der Waals surface area (Å²) >= 11 is 0. The van der Waals surface area contributed by atoms with Crippen molar-refractivity contribution in [3.8, 4) is 0 Å². The highest BCUT2D eigenvalue weighted by atomic mass is 16.4. The molecule has 1 rings (SSSR count). The Labute approximate surface area is 88.8 Å². The van der Waals surface area contributed by atoms with Crippen molar-refractivity contribution in [3.63, 3.8) is 0 Å². The van der Waals surface area contributed by atoms with Crippen LogP contribution in [0.4, 0.5) is 0 Å². The lowest BCUT2D eigenvalue weighted by molar-refractivity contribution is -0.138. The van der Waals surface area contributed by atoms with Crippen LogP contribution in [0.1, 0.15) is 12.0 Å². The highest BCUT2D eigenvalue weighted by Gasteiger charge is 2.12. The Morgan fingerprint density at radius 3 is 2.67 bits per heavy atom. The van der Waals surface area contributed by atoms with Crippen LogP contribution in [0.25, 0.3) is 0 Å². The summed E-state index contributed by atoms with van der Waals surface area (Å²) in [5.41, 5.74) is 0.896. The number of rotatable bonds is 5. The Morgan fingerprint density at radius 1 is 1.47 bits per heavy atom. The van der Waals surface area contributed by atoms with Crippen LogP contribution in [-0.4, -0.2) is 23.3 Å². The van der Waals surface area contributed by atoms with E-state index in [4.69, 9.17) is 5.11 Å². The van der Waals surface area contributed by atoms with Crippen molar-refractivity contribution in [2.45, 2.75) is 12.5 Å². The van der Waals surface area contributed by atoms with Gasteiger partial charge in [-0.15, -0.1) is 6.58 Å². The summed E-state index contributed by atoms with van der Waals surface area (Å²) in [5.74, 6) is -0.929. The molecule has 0 saturated heterocycles. The molecule has 1 aromatic rings. The molecule has 0 radical (unpaired) electrons. The van der Waals surface area contributed by atoms with Gasteiger partial charge in [0.15, 0.2) is 6.04 Å². The van der Waals surface area contributed by atoms with E-state index in [1.54, 1.807) is 12.3 Å². The van der Waals surface area contributed by atoms with Crippen LogP contribution in [0, 0.1) is 0 Å². The number of hydrogen-bond donors (Lipinski definition) is 1. The van der Waals surface area contributed by atoms with Gasteiger partial charge in [-0.3, -0.25) is 4.99 Å². The number of carbonyl (C=O) groups is 1. The Balaban J connectivity index is 2.69. The standard InChI is InChI=1S/C12H13NO2/c1-2-6-11(12(14)15)13-9-10-7-4-3-5-8-10/h2-5,7-9,11H,1,6H2,(H,14,15)/t11-/m0/s1. The van der Waals surface area contributed by atoms with Gasteiger partial charge in [0.1, 0.15) is 0 Å². The predicted molar refractivity (Wildman–Crippen MR) is 60.3 cm³/mol. The molecule has 0 amide bonds. The molecule has 0 fully saturated rings. The van der Waals surface area contributed by atoms with Gasteiger partial charge in [-0.05, 0) is 12.0 Å². The van der Waals surface area contributed by atoms with E-state index in [1.165, 1.54) is 0 Å². The quantitative estimate of drug-likeness (QED) is 0.588. The Bertz CT molecular complexity index is 357. The number of aliphatic imine (C=N–C) groups is 1. The van der Waals surface area contributed by atoms with Crippen molar-refractivity contribution in [2.24, 2.45) is 4.99 Å². The first-order chi connectivity index (χ1) is 7.24. The summed E-state index contributed by atoms with van der Waals surface area (Å²) in [4.78, 5) is 14.7. The second-order valence-electron chi connectivity index (χ2n) is 3.07. The second kappa shape index (κ2) is 5.75. The zero-order valence-corrected chi connectivity index (χ0v) is 8.34. The Kier molecular flexibility index (Phi) is 4.29. The molecule has 78 valence electrons. The van der Waals surface area contributed by atoms with Gasteiger partial charge in [-0.25, -0.2) is 4.79 Å². The normalized spacial score (nSPS) is 12.5. The van der Waals surface area contributed by atoms with Crippen LogP contribution in [0.15, 0.2) is 48.0 Å². The average molecular weight is 203 g/mol. The van der Waals surface area contributed by atoms with E-state index in [-0.39, 0.29) is 0 Å². The monoisotopic (exact) mass is 203 g/mol. The zero-order chi connectivity index (χ0) is 11.1. The number of aliphatic carboxylic acids is 1. The summed E-state index contributed by atoms with van der Waals surface area (Å²) in [6.45, 7) is 3.50. The molecule has 3 nitrogen and oxygen atoms in total. The van der Waals surface area contributed by atoms with Crippen LogP contribution in [0.3, 0.4) is 0 Å². The molecule has 0 aliphatic carbocycles. The van der Waals surface area contributed by atoms with E-state index in [9.17, 15) is 4.79 Å². The minimum absolute atomic E-state index is 0.346. The number of hydrogen-bond acceptors (Lipinski definition) is 2. The molecule has 3 heteroatoms. The molecule has 1 aromatic carbocycles. The van der Waals surface area contributed by atoms with Gasteiger partial charge in [0.2, 0.25) is 0 Å². The lowest BCUT2D eigenvalue weighted by Gasteiger charge is -2.02. The van der Waals surface area contributed by atoms with Gasteiger partial charge in [-0.2, -0.15) is 0 Å². The largest absolute Gasteiger partial charge is 0.480 e. The minimum Gasteiger partial charge on any atom is -0.480 e. The SMILES string of the molecule is C=CC[C@H](N=Cc1ccccc1)C(=O)O. The lowest BCUT2D eigenvalue weighted by atomic mass is 10.2.